The van der Waals surface area contributed by atoms with Crippen molar-refractivity contribution >= 4 is 33.5 Å². The molecule has 236 valence electrons. The molecular weight excluding hydrogens is 597 g/mol. The van der Waals surface area contributed by atoms with Gasteiger partial charge in [0.15, 0.2) is 0 Å². The summed E-state index contributed by atoms with van der Waals surface area (Å²) in [6.45, 7) is 7.91. The highest BCUT2D eigenvalue weighted by Crippen LogP contribution is 2.37. The van der Waals surface area contributed by atoms with Crippen molar-refractivity contribution in [1.29, 1.82) is 0 Å². The lowest BCUT2D eigenvalue weighted by atomic mass is 9.96. The Balaban J connectivity index is 1.12. The minimum atomic E-state index is 0.0487. The maximum atomic E-state index is 4.76. The van der Waals surface area contributed by atoms with Gasteiger partial charge in [-0.1, -0.05) is 122 Å². The molecule has 2 N–H and O–H groups in total. The predicted molar refractivity (Wildman–Crippen MR) is 206 cm³/mol. The summed E-state index contributed by atoms with van der Waals surface area (Å²) in [7, 11) is 0. The SMILES string of the molecule is C=CC1=C(C=C)NC(c2ccc(N(c3ccc(C4=CC=C5C=CC=CC5N4)cc3)c3ccc(-c4cc5ccccc5cn4)cc3)cc2)C=C1. The van der Waals surface area contributed by atoms with Crippen molar-refractivity contribution in [2.24, 2.45) is 0 Å². The summed E-state index contributed by atoms with van der Waals surface area (Å²) in [5.74, 6) is 0. The van der Waals surface area contributed by atoms with E-state index in [-0.39, 0.29) is 12.1 Å². The van der Waals surface area contributed by atoms with Crippen LogP contribution in [0.4, 0.5) is 17.1 Å². The molecule has 1 aliphatic carbocycles. The molecule has 5 aromatic rings. The number of fused-ring (bicyclic) bond motifs is 2. The number of dihydropyridines is 2. The van der Waals surface area contributed by atoms with Gasteiger partial charge in [0.1, 0.15) is 0 Å². The number of rotatable bonds is 8. The molecule has 0 saturated heterocycles. The Morgan fingerprint density at radius 3 is 2.04 bits per heavy atom. The van der Waals surface area contributed by atoms with Gasteiger partial charge in [-0.3, -0.25) is 4.98 Å². The fraction of sp³-hybridized carbons (Fsp3) is 0.0444. The first kappa shape index (κ1) is 30.0. The summed E-state index contributed by atoms with van der Waals surface area (Å²) >= 11 is 0. The van der Waals surface area contributed by atoms with Crippen molar-refractivity contribution in [2.45, 2.75) is 12.1 Å². The zero-order valence-electron chi connectivity index (χ0n) is 27.1. The van der Waals surface area contributed by atoms with Crippen LogP contribution in [0.25, 0.3) is 27.7 Å². The Kier molecular flexibility index (Phi) is 7.96. The average Bonchev–Trinajstić information content (AvgIpc) is 3.18. The second kappa shape index (κ2) is 13.0. The molecule has 49 heavy (non-hydrogen) atoms. The largest absolute Gasteiger partial charge is 0.374 e. The van der Waals surface area contributed by atoms with Gasteiger partial charge in [-0.2, -0.15) is 0 Å². The molecule has 0 bridgehead atoms. The van der Waals surface area contributed by atoms with E-state index < -0.39 is 0 Å². The second-order valence-corrected chi connectivity index (χ2v) is 12.3. The summed E-state index contributed by atoms with van der Waals surface area (Å²) in [4.78, 5) is 7.06. The normalized spacial score (nSPS) is 17.8. The molecular formula is C45H36N4. The van der Waals surface area contributed by atoms with E-state index in [1.807, 2.05) is 24.4 Å². The monoisotopic (exact) mass is 632 g/mol. The number of nitrogens with zero attached hydrogens (tertiary/aromatic N) is 2. The Bertz CT molecular complexity index is 2240. The van der Waals surface area contributed by atoms with Gasteiger partial charge >= 0.3 is 0 Å². The van der Waals surface area contributed by atoms with Crippen LogP contribution in [0.3, 0.4) is 0 Å². The molecule has 2 atom stereocenters. The van der Waals surface area contributed by atoms with Crippen molar-refractivity contribution < 1.29 is 0 Å². The summed E-state index contributed by atoms with van der Waals surface area (Å²) in [6, 6.07) is 37.0. The van der Waals surface area contributed by atoms with Gasteiger partial charge in [0.2, 0.25) is 0 Å². The van der Waals surface area contributed by atoms with Crippen molar-refractivity contribution in [3.05, 3.63) is 211 Å². The molecule has 0 fully saturated rings. The van der Waals surface area contributed by atoms with Crippen molar-refractivity contribution in [3.63, 3.8) is 0 Å². The van der Waals surface area contributed by atoms with E-state index in [0.717, 1.165) is 56.2 Å². The topological polar surface area (TPSA) is 40.2 Å². The number of hydrogen-bond donors (Lipinski definition) is 2. The maximum Gasteiger partial charge on any atom is 0.0708 e. The van der Waals surface area contributed by atoms with Crippen molar-refractivity contribution in [2.75, 3.05) is 4.90 Å². The quantitative estimate of drug-likeness (QED) is 0.179. The lowest BCUT2D eigenvalue weighted by molar-refractivity contribution is 0.715. The van der Waals surface area contributed by atoms with Crippen LogP contribution in [0.1, 0.15) is 17.2 Å². The minimum Gasteiger partial charge on any atom is -0.374 e. The Morgan fingerprint density at radius 1 is 0.633 bits per heavy atom. The van der Waals surface area contributed by atoms with Crippen molar-refractivity contribution in [1.82, 2.24) is 15.6 Å². The third-order valence-electron chi connectivity index (χ3n) is 9.33. The number of benzene rings is 4. The minimum absolute atomic E-state index is 0.0487. The third-order valence-corrected chi connectivity index (χ3v) is 9.33. The van der Waals surface area contributed by atoms with Crippen LogP contribution >= 0.6 is 0 Å². The fourth-order valence-corrected chi connectivity index (χ4v) is 6.65. The smallest absolute Gasteiger partial charge is 0.0708 e. The highest BCUT2D eigenvalue weighted by atomic mass is 15.1. The summed E-state index contributed by atoms with van der Waals surface area (Å²) in [6.07, 6.45) is 22.8. The van der Waals surface area contributed by atoms with E-state index in [4.69, 9.17) is 4.98 Å². The Hall–Kier alpha value is -6.39. The van der Waals surface area contributed by atoms with E-state index in [0.29, 0.717) is 0 Å². The average molecular weight is 633 g/mol. The number of nitrogens with one attached hydrogen (secondary N) is 2. The first-order chi connectivity index (χ1) is 24.2. The first-order valence-corrected chi connectivity index (χ1v) is 16.6. The number of pyridine rings is 1. The van der Waals surface area contributed by atoms with Crippen LogP contribution < -0.4 is 15.5 Å². The Morgan fingerprint density at radius 2 is 1.33 bits per heavy atom. The Labute approximate surface area is 287 Å². The van der Waals surface area contributed by atoms with Crippen LogP contribution in [-0.2, 0) is 0 Å². The lowest BCUT2D eigenvalue weighted by Gasteiger charge is -2.28. The lowest BCUT2D eigenvalue weighted by Crippen LogP contribution is -2.30. The van der Waals surface area contributed by atoms with Gasteiger partial charge in [0, 0.05) is 45.6 Å². The van der Waals surface area contributed by atoms with Crippen LogP contribution in [-0.4, -0.2) is 11.0 Å². The summed E-state index contributed by atoms with van der Waals surface area (Å²) in [5.41, 5.74) is 12.0. The molecule has 8 rings (SSSR count). The van der Waals surface area contributed by atoms with E-state index in [2.05, 4.69) is 174 Å². The molecule has 3 heterocycles. The molecule has 0 saturated carbocycles. The molecule has 0 amide bonds. The fourth-order valence-electron chi connectivity index (χ4n) is 6.65. The molecule has 0 radical (unpaired) electrons. The van der Waals surface area contributed by atoms with Crippen LogP contribution in [0.5, 0.6) is 0 Å². The number of hydrogen-bond acceptors (Lipinski definition) is 4. The standard InChI is InChI=1S/C45H36N4/c1-3-31-19-27-43(47-41(31)4-2)33-13-21-38(22-14-33)49(39-23-15-34(16-24-39)44-28-20-32-9-7-8-12-42(32)48-44)40-25-17-35(18-26-40)45-29-36-10-5-6-11-37(36)30-46-45/h3-30,42-43,47-48H,1-2H2. The van der Waals surface area contributed by atoms with Gasteiger partial charge in [0.25, 0.3) is 0 Å². The van der Waals surface area contributed by atoms with E-state index in [1.54, 1.807) is 0 Å². The maximum absolute atomic E-state index is 4.76. The zero-order valence-corrected chi connectivity index (χ0v) is 27.1. The molecule has 2 unspecified atom stereocenters. The van der Waals surface area contributed by atoms with E-state index in [9.17, 15) is 0 Å². The molecule has 4 aromatic carbocycles. The van der Waals surface area contributed by atoms with Gasteiger partial charge < -0.3 is 15.5 Å². The summed E-state index contributed by atoms with van der Waals surface area (Å²) in [5, 5.41) is 9.58. The van der Waals surface area contributed by atoms with Gasteiger partial charge in [0.05, 0.1) is 17.8 Å². The second-order valence-electron chi connectivity index (χ2n) is 12.3. The summed E-state index contributed by atoms with van der Waals surface area (Å²) < 4.78 is 0. The van der Waals surface area contributed by atoms with Gasteiger partial charge in [-0.15, -0.1) is 0 Å². The molecule has 2 aliphatic heterocycles. The van der Waals surface area contributed by atoms with Gasteiger partial charge in [-0.05, 0) is 82.3 Å². The number of aromatic nitrogens is 1. The highest BCUT2D eigenvalue weighted by molar-refractivity contribution is 5.86. The molecule has 3 aliphatic rings. The highest BCUT2D eigenvalue weighted by Gasteiger charge is 2.19. The van der Waals surface area contributed by atoms with E-state index >= 15 is 0 Å². The number of allylic oxidation sites excluding steroid dienone is 8. The van der Waals surface area contributed by atoms with Crippen LogP contribution in [0.15, 0.2) is 200 Å². The predicted octanol–water partition coefficient (Wildman–Crippen LogP) is 10.6. The molecule has 4 nitrogen and oxygen atoms in total. The molecule has 1 aromatic heterocycles. The van der Waals surface area contributed by atoms with Crippen LogP contribution in [0.2, 0.25) is 0 Å². The van der Waals surface area contributed by atoms with E-state index in [1.165, 1.54) is 16.5 Å². The number of anilines is 3. The van der Waals surface area contributed by atoms with Gasteiger partial charge in [-0.25, -0.2) is 0 Å². The zero-order chi connectivity index (χ0) is 33.2. The molecule has 0 spiro atoms. The molecule has 4 heteroatoms. The van der Waals surface area contributed by atoms with Crippen molar-refractivity contribution in [3.8, 4) is 11.3 Å². The first-order valence-electron chi connectivity index (χ1n) is 16.6. The third kappa shape index (κ3) is 5.97. The van der Waals surface area contributed by atoms with Crippen LogP contribution in [0, 0.1) is 0 Å².